The quantitative estimate of drug-likeness (QED) is 0.751. The Labute approximate surface area is 96.5 Å². The van der Waals surface area contributed by atoms with Gasteiger partial charge in [-0.1, -0.05) is 24.3 Å². The summed E-state index contributed by atoms with van der Waals surface area (Å²) in [4.78, 5) is 0. The van der Waals surface area contributed by atoms with E-state index in [9.17, 15) is 8.78 Å². The summed E-state index contributed by atoms with van der Waals surface area (Å²) in [6.07, 6.45) is 2.74. The van der Waals surface area contributed by atoms with Crippen molar-refractivity contribution in [1.29, 1.82) is 0 Å². The van der Waals surface area contributed by atoms with Gasteiger partial charge >= 0.3 is 6.55 Å². The molecule has 0 N–H and O–H groups in total. The lowest BCUT2D eigenvalue weighted by Crippen LogP contribution is -1.96. The molecule has 0 unspecified atom stereocenters. The summed E-state index contributed by atoms with van der Waals surface area (Å²) < 4.78 is 25.2. The van der Waals surface area contributed by atoms with Crippen molar-refractivity contribution in [1.82, 2.24) is 9.78 Å². The largest absolute Gasteiger partial charge is 0.333 e. The first-order valence-corrected chi connectivity index (χ1v) is 5.22. The molecule has 0 amide bonds. The SMILES string of the molecule is FC(F)n1cc(-c2ccc(CCl)cc2)cn1. The van der Waals surface area contributed by atoms with Crippen LogP contribution in [0.2, 0.25) is 0 Å². The Morgan fingerprint density at radius 2 is 1.88 bits per heavy atom. The molecule has 2 aromatic rings. The zero-order chi connectivity index (χ0) is 11.5. The number of rotatable bonds is 3. The van der Waals surface area contributed by atoms with Crippen LogP contribution in [-0.4, -0.2) is 9.78 Å². The molecule has 2 rings (SSSR count). The zero-order valence-electron chi connectivity index (χ0n) is 8.28. The molecule has 0 spiro atoms. The van der Waals surface area contributed by atoms with Crippen LogP contribution in [0.5, 0.6) is 0 Å². The Kier molecular flexibility index (Phi) is 3.19. The number of nitrogens with zero attached hydrogens (tertiary/aromatic N) is 2. The van der Waals surface area contributed by atoms with Gasteiger partial charge in [-0.25, -0.2) is 4.68 Å². The number of halogens is 3. The number of hydrogen-bond donors (Lipinski definition) is 0. The van der Waals surface area contributed by atoms with Gasteiger partial charge in [-0.05, 0) is 11.1 Å². The molecule has 0 saturated heterocycles. The van der Waals surface area contributed by atoms with Gasteiger partial charge in [-0.3, -0.25) is 0 Å². The molecule has 1 heterocycles. The summed E-state index contributed by atoms with van der Waals surface area (Å²) in [5.74, 6) is 0.441. The van der Waals surface area contributed by atoms with E-state index in [1.807, 2.05) is 24.3 Å². The molecule has 1 aromatic carbocycles. The van der Waals surface area contributed by atoms with Crippen LogP contribution in [0.25, 0.3) is 11.1 Å². The van der Waals surface area contributed by atoms with Crippen LogP contribution < -0.4 is 0 Å². The second-order valence-electron chi connectivity index (χ2n) is 3.32. The first-order chi connectivity index (χ1) is 7.70. The smallest absolute Gasteiger partial charge is 0.211 e. The van der Waals surface area contributed by atoms with Crippen molar-refractivity contribution < 1.29 is 8.78 Å². The van der Waals surface area contributed by atoms with Crippen molar-refractivity contribution in [2.75, 3.05) is 0 Å². The molecule has 16 heavy (non-hydrogen) atoms. The molecule has 0 aliphatic heterocycles. The predicted octanol–water partition coefficient (Wildman–Crippen LogP) is 3.68. The Bertz CT molecular complexity index is 465. The van der Waals surface area contributed by atoms with Gasteiger partial charge < -0.3 is 0 Å². The highest BCUT2D eigenvalue weighted by Crippen LogP contribution is 2.21. The number of aromatic nitrogens is 2. The highest BCUT2D eigenvalue weighted by Gasteiger charge is 2.08. The molecule has 5 heteroatoms. The van der Waals surface area contributed by atoms with Gasteiger partial charge in [0.1, 0.15) is 0 Å². The summed E-state index contributed by atoms with van der Waals surface area (Å²) >= 11 is 5.66. The third kappa shape index (κ3) is 2.22. The van der Waals surface area contributed by atoms with E-state index in [0.29, 0.717) is 16.1 Å². The Morgan fingerprint density at radius 3 is 2.38 bits per heavy atom. The predicted molar refractivity (Wildman–Crippen MR) is 58.5 cm³/mol. The van der Waals surface area contributed by atoms with Crippen molar-refractivity contribution in [3.63, 3.8) is 0 Å². The summed E-state index contributed by atoms with van der Waals surface area (Å²) in [6.45, 7) is -2.60. The van der Waals surface area contributed by atoms with E-state index >= 15 is 0 Å². The van der Waals surface area contributed by atoms with Gasteiger partial charge in [-0.15, -0.1) is 11.6 Å². The molecule has 0 saturated carbocycles. The Morgan fingerprint density at radius 1 is 1.19 bits per heavy atom. The zero-order valence-corrected chi connectivity index (χ0v) is 9.03. The topological polar surface area (TPSA) is 17.8 Å². The van der Waals surface area contributed by atoms with Crippen LogP contribution in [0.15, 0.2) is 36.7 Å². The maximum atomic E-state index is 12.3. The molecule has 84 valence electrons. The van der Waals surface area contributed by atoms with Crippen LogP contribution in [0.4, 0.5) is 8.78 Å². The van der Waals surface area contributed by atoms with Gasteiger partial charge in [0.25, 0.3) is 0 Å². The van der Waals surface area contributed by atoms with E-state index in [1.165, 1.54) is 12.4 Å². The average molecular weight is 243 g/mol. The van der Waals surface area contributed by atoms with Gasteiger partial charge in [0.15, 0.2) is 0 Å². The highest BCUT2D eigenvalue weighted by atomic mass is 35.5. The van der Waals surface area contributed by atoms with Crippen molar-refractivity contribution in [3.05, 3.63) is 42.2 Å². The molecule has 0 aliphatic rings. The third-order valence-corrected chi connectivity index (χ3v) is 2.55. The lowest BCUT2D eigenvalue weighted by atomic mass is 10.1. The van der Waals surface area contributed by atoms with Crippen molar-refractivity contribution in [2.24, 2.45) is 0 Å². The number of alkyl halides is 3. The van der Waals surface area contributed by atoms with Gasteiger partial charge in [-0.2, -0.15) is 13.9 Å². The normalized spacial score (nSPS) is 11.0. The molecule has 0 aliphatic carbocycles. The number of hydrogen-bond acceptors (Lipinski definition) is 1. The van der Waals surface area contributed by atoms with Gasteiger partial charge in [0, 0.05) is 17.6 Å². The third-order valence-electron chi connectivity index (χ3n) is 2.24. The molecule has 0 radical (unpaired) electrons. The fourth-order valence-corrected chi connectivity index (χ4v) is 1.56. The molecule has 0 bridgehead atoms. The first kappa shape index (κ1) is 11.1. The van der Waals surface area contributed by atoms with E-state index in [0.717, 1.165) is 11.1 Å². The second kappa shape index (κ2) is 4.61. The van der Waals surface area contributed by atoms with E-state index in [2.05, 4.69) is 5.10 Å². The summed E-state index contributed by atoms with van der Waals surface area (Å²) in [5.41, 5.74) is 2.51. The van der Waals surface area contributed by atoms with Crippen LogP contribution in [0, 0.1) is 0 Å². The monoisotopic (exact) mass is 242 g/mol. The Hall–Kier alpha value is -1.42. The van der Waals surface area contributed by atoms with Crippen LogP contribution in [0.3, 0.4) is 0 Å². The fraction of sp³-hybridized carbons (Fsp3) is 0.182. The van der Waals surface area contributed by atoms with Crippen molar-refractivity contribution in [3.8, 4) is 11.1 Å². The minimum absolute atomic E-state index is 0.441. The van der Waals surface area contributed by atoms with E-state index in [-0.39, 0.29) is 0 Å². The van der Waals surface area contributed by atoms with Crippen LogP contribution in [-0.2, 0) is 5.88 Å². The fourth-order valence-electron chi connectivity index (χ4n) is 1.38. The van der Waals surface area contributed by atoms with Crippen LogP contribution >= 0.6 is 11.6 Å². The minimum atomic E-state index is -2.60. The summed E-state index contributed by atoms with van der Waals surface area (Å²) in [6, 6.07) is 7.40. The number of benzene rings is 1. The van der Waals surface area contributed by atoms with Crippen molar-refractivity contribution >= 4 is 11.6 Å². The standard InChI is InChI=1S/C11H9ClF2N2/c12-5-8-1-3-9(4-2-8)10-6-15-16(7-10)11(13)14/h1-4,6-7,11H,5H2. The molecular weight excluding hydrogens is 234 g/mol. The van der Waals surface area contributed by atoms with E-state index in [4.69, 9.17) is 11.6 Å². The molecule has 0 fully saturated rings. The molecule has 2 nitrogen and oxygen atoms in total. The Balaban J connectivity index is 2.28. The first-order valence-electron chi connectivity index (χ1n) is 4.68. The molecule has 1 aromatic heterocycles. The molecular formula is C11H9ClF2N2. The van der Waals surface area contributed by atoms with E-state index < -0.39 is 6.55 Å². The lowest BCUT2D eigenvalue weighted by Gasteiger charge is -1.99. The van der Waals surface area contributed by atoms with Crippen molar-refractivity contribution in [2.45, 2.75) is 12.4 Å². The average Bonchev–Trinajstić information content (AvgIpc) is 2.78. The lowest BCUT2D eigenvalue weighted by molar-refractivity contribution is 0.0566. The minimum Gasteiger partial charge on any atom is -0.211 e. The summed E-state index contributed by atoms with van der Waals surface area (Å²) in [7, 11) is 0. The second-order valence-corrected chi connectivity index (χ2v) is 3.58. The van der Waals surface area contributed by atoms with Gasteiger partial charge in [0.05, 0.1) is 6.20 Å². The summed E-state index contributed by atoms with van der Waals surface area (Å²) in [5, 5.41) is 3.58. The highest BCUT2D eigenvalue weighted by molar-refractivity contribution is 6.17. The maximum absolute atomic E-state index is 12.3. The van der Waals surface area contributed by atoms with Crippen LogP contribution in [0.1, 0.15) is 12.1 Å². The van der Waals surface area contributed by atoms with E-state index in [1.54, 1.807) is 0 Å². The maximum Gasteiger partial charge on any atom is 0.333 e. The molecule has 0 atom stereocenters. The van der Waals surface area contributed by atoms with Gasteiger partial charge in [0.2, 0.25) is 0 Å².